The summed E-state index contributed by atoms with van der Waals surface area (Å²) >= 11 is 0. The fourth-order valence-corrected chi connectivity index (χ4v) is 6.25. The molecule has 10 heteroatoms. The second-order valence-electron chi connectivity index (χ2n) is 13.2. The van der Waals surface area contributed by atoms with Crippen LogP contribution in [0.25, 0.3) is 0 Å². The molecule has 0 spiro atoms. The van der Waals surface area contributed by atoms with Crippen molar-refractivity contribution in [2.24, 2.45) is 11.8 Å². The summed E-state index contributed by atoms with van der Waals surface area (Å²) in [5.41, 5.74) is 1.29. The van der Waals surface area contributed by atoms with Crippen molar-refractivity contribution < 1.29 is 33.8 Å². The normalized spacial score (nSPS) is 15.1. The van der Waals surface area contributed by atoms with E-state index in [1.54, 1.807) is 12.2 Å². The van der Waals surface area contributed by atoms with Crippen molar-refractivity contribution >= 4 is 23.9 Å². The van der Waals surface area contributed by atoms with Crippen LogP contribution in [0.4, 0.5) is 4.79 Å². The standard InChI is InChI=1S/C40H55N3O7/c1-3-5-21-34(26-31-17-8-6-9-18-31)38(47)49-29-35(22-12-15-25-41-39(48)50-28-32-19-10-7-11-20-32)42-37(46)33(16-4-2)27-36(45)43-40(30-44)23-13-14-24-40/h3-4,6-11,17-20,33-35,44H,1-2,5,12-16,21-30H2,(H,41,48)(H,42,46)(H,43,45)/t33-,34-,35+/m1/s1. The van der Waals surface area contributed by atoms with Crippen LogP contribution in [-0.2, 0) is 36.9 Å². The van der Waals surface area contributed by atoms with E-state index in [4.69, 9.17) is 9.47 Å². The number of benzene rings is 2. The molecule has 2 aromatic rings. The predicted molar refractivity (Wildman–Crippen MR) is 194 cm³/mol. The van der Waals surface area contributed by atoms with Gasteiger partial charge < -0.3 is 30.5 Å². The zero-order valence-corrected chi connectivity index (χ0v) is 29.3. The third-order valence-electron chi connectivity index (χ3n) is 9.13. The van der Waals surface area contributed by atoms with Gasteiger partial charge in [0, 0.05) is 13.0 Å². The average Bonchev–Trinajstić information content (AvgIpc) is 3.60. The smallest absolute Gasteiger partial charge is 0.407 e. The highest BCUT2D eigenvalue weighted by atomic mass is 16.5. The Hall–Kier alpha value is -4.44. The number of esters is 1. The predicted octanol–water partition coefficient (Wildman–Crippen LogP) is 5.94. The number of allylic oxidation sites excluding steroid dienone is 2. The highest BCUT2D eigenvalue weighted by Crippen LogP contribution is 2.29. The van der Waals surface area contributed by atoms with Gasteiger partial charge in [-0.1, -0.05) is 85.7 Å². The minimum absolute atomic E-state index is 0.0306. The molecule has 0 bridgehead atoms. The summed E-state index contributed by atoms with van der Waals surface area (Å²) in [6.45, 7) is 7.96. The number of carbonyl (C=O) groups is 4. The molecule has 3 atom stereocenters. The van der Waals surface area contributed by atoms with Gasteiger partial charge in [0.2, 0.25) is 11.8 Å². The summed E-state index contributed by atoms with van der Waals surface area (Å²) < 4.78 is 11.1. The van der Waals surface area contributed by atoms with Crippen molar-refractivity contribution in [1.29, 1.82) is 0 Å². The Kier molecular flexibility index (Phi) is 17.8. The second kappa shape index (κ2) is 22.3. The van der Waals surface area contributed by atoms with E-state index in [2.05, 4.69) is 29.1 Å². The van der Waals surface area contributed by atoms with Gasteiger partial charge in [-0.2, -0.15) is 0 Å². The fraction of sp³-hybridized carbons (Fsp3) is 0.500. The highest BCUT2D eigenvalue weighted by molar-refractivity contribution is 5.86. The number of amides is 3. The summed E-state index contributed by atoms with van der Waals surface area (Å²) in [6, 6.07) is 18.7. The molecular formula is C40H55N3O7. The number of rotatable bonds is 23. The quantitative estimate of drug-likeness (QED) is 0.0643. The molecule has 2 aromatic carbocycles. The maximum absolute atomic E-state index is 13.6. The lowest BCUT2D eigenvalue weighted by Gasteiger charge is -2.29. The molecule has 3 amide bonds. The Morgan fingerprint density at radius 1 is 0.860 bits per heavy atom. The zero-order chi connectivity index (χ0) is 36.0. The maximum atomic E-state index is 13.6. The Labute approximate surface area is 297 Å². The van der Waals surface area contributed by atoms with Crippen LogP contribution in [0.15, 0.2) is 86.0 Å². The molecule has 3 rings (SSSR count). The van der Waals surface area contributed by atoms with Crippen LogP contribution in [-0.4, -0.2) is 60.3 Å². The van der Waals surface area contributed by atoms with Gasteiger partial charge in [-0.3, -0.25) is 14.4 Å². The van der Waals surface area contributed by atoms with E-state index in [0.717, 1.165) is 24.0 Å². The molecule has 272 valence electrons. The van der Waals surface area contributed by atoms with E-state index in [1.165, 1.54) is 0 Å². The number of ether oxygens (including phenoxy) is 2. The van der Waals surface area contributed by atoms with Gasteiger partial charge in [-0.05, 0) is 68.9 Å². The third kappa shape index (κ3) is 14.6. The number of aliphatic hydroxyl groups is 1. The van der Waals surface area contributed by atoms with E-state index in [0.29, 0.717) is 57.9 Å². The molecule has 0 saturated heterocycles. The molecule has 10 nitrogen and oxygen atoms in total. The first-order chi connectivity index (χ1) is 24.3. The summed E-state index contributed by atoms with van der Waals surface area (Å²) in [4.78, 5) is 52.1. The molecule has 1 saturated carbocycles. The van der Waals surface area contributed by atoms with Crippen molar-refractivity contribution in [1.82, 2.24) is 16.0 Å². The number of alkyl carbamates (subject to hydrolysis) is 1. The van der Waals surface area contributed by atoms with Gasteiger partial charge in [0.25, 0.3) is 0 Å². The van der Waals surface area contributed by atoms with E-state index in [-0.39, 0.29) is 56.4 Å². The van der Waals surface area contributed by atoms with Crippen LogP contribution >= 0.6 is 0 Å². The minimum Gasteiger partial charge on any atom is -0.463 e. The lowest BCUT2D eigenvalue weighted by molar-refractivity contribution is -0.150. The van der Waals surface area contributed by atoms with Crippen molar-refractivity contribution in [2.45, 2.75) is 95.2 Å². The monoisotopic (exact) mass is 689 g/mol. The minimum atomic E-state index is -0.678. The Balaban J connectivity index is 1.59. The summed E-state index contributed by atoms with van der Waals surface area (Å²) in [7, 11) is 0. The van der Waals surface area contributed by atoms with E-state index in [1.807, 2.05) is 60.7 Å². The largest absolute Gasteiger partial charge is 0.463 e. The number of carbonyl (C=O) groups excluding carboxylic acids is 4. The molecule has 1 aliphatic carbocycles. The molecule has 1 aliphatic rings. The van der Waals surface area contributed by atoms with Crippen molar-refractivity contribution in [3.63, 3.8) is 0 Å². The molecule has 0 heterocycles. The van der Waals surface area contributed by atoms with Crippen molar-refractivity contribution in [2.75, 3.05) is 19.8 Å². The Morgan fingerprint density at radius 2 is 1.54 bits per heavy atom. The number of hydrogen-bond donors (Lipinski definition) is 4. The summed E-state index contributed by atoms with van der Waals surface area (Å²) in [6.07, 6.45) is 9.89. The van der Waals surface area contributed by atoms with E-state index < -0.39 is 23.6 Å². The van der Waals surface area contributed by atoms with Crippen LogP contribution in [0, 0.1) is 11.8 Å². The van der Waals surface area contributed by atoms with Crippen LogP contribution in [0.5, 0.6) is 0 Å². The molecule has 0 radical (unpaired) electrons. The van der Waals surface area contributed by atoms with Crippen molar-refractivity contribution in [3.8, 4) is 0 Å². The Morgan fingerprint density at radius 3 is 2.18 bits per heavy atom. The van der Waals surface area contributed by atoms with E-state index in [9.17, 15) is 24.3 Å². The maximum Gasteiger partial charge on any atom is 0.407 e. The van der Waals surface area contributed by atoms with Crippen molar-refractivity contribution in [3.05, 3.63) is 97.1 Å². The number of nitrogens with one attached hydrogen (secondary N) is 3. The molecule has 4 N–H and O–H groups in total. The van der Waals surface area contributed by atoms with E-state index >= 15 is 0 Å². The number of unbranched alkanes of at least 4 members (excludes halogenated alkanes) is 1. The van der Waals surface area contributed by atoms with Crippen LogP contribution in [0.3, 0.4) is 0 Å². The zero-order valence-electron chi connectivity index (χ0n) is 29.3. The second-order valence-corrected chi connectivity index (χ2v) is 13.2. The first-order valence-electron chi connectivity index (χ1n) is 17.9. The van der Waals surface area contributed by atoms with Gasteiger partial charge in [0.05, 0.1) is 30.0 Å². The lowest BCUT2D eigenvalue weighted by atomic mass is 9.94. The van der Waals surface area contributed by atoms with Gasteiger partial charge in [-0.15, -0.1) is 13.2 Å². The molecule has 0 unspecified atom stereocenters. The molecule has 0 aliphatic heterocycles. The number of hydrogen-bond acceptors (Lipinski definition) is 7. The van der Waals surface area contributed by atoms with Crippen LogP contribution in [0.1, 0.15) is 81.8 Å². The van der Waals surface area contributed by atoms with Gasteiger partial charge in [0.15, 0.2) is 0 Å². The van der Waals surface area contributed by atoms with Gasteiger partial charge >= 0.3 is 12.1 Å². The van der Waals surface area contributed by atoms with Gasteiger partial charge in [-0.25, -0.2) is 4.79 Å². The van der Waals surface area contributed by atoms with Crippen LogP contribution in [0.2, 0.25) is 0 Å². The average molecular weight is 690 g/mol. The van der Waals surface area contributed by atoms with Gasteiger partial charge in [0.1, 0.15) is 13.2 Å². The SMILES string of the molecule is C=CCC[C@H](Cc1ccccc1)C(=O)OC[C@H](CCCCNC(=O)OCc1ccccc1)NC(=O)[C@H](CC=C)CC(=O)NC1(CO)CCCC1. The molecular weight excluding hydrogens is 634 g/mol. The summed E-state index contributed by atoms with van der Waals surface area (Å²) in [5.74, 6) is -2.01. The molecule has 1 fully saturated rings. The first-order valence-corrected chi connectivity index (χ1v) is 17.9. The fourth-order valence-electron chi connectivity index (χ4n) is 6.25. The highest BCUT2D eigenvalue weighted by Gasteiger charge is 2.35. The molecule has 50 heavy (non-hydrogen) atoms. The summed E-state index contributed by atoms with van der Waals surface area (Å²) in [5, 5.41) is 18.7. The molecule has 0 aromatic heterocycles. The lowest BCUT2D eigenvalue weighted by Crippen LogP contribution is -2.50. The number of aliphatic hydroxyl groups excluding tert-OH is 1. The topological polar surface area (TPSA) is 143 Å². The Bertz CT molecular complexity index is 1350. The van der Waals surface area contributed by atoms with Crippen LogP contribution < -0.4 is 16.0 Å². The third-order valence-corrected chi connectivity index (χ3v) is 9.13. The first kappa shape index (κ1) is 40.0.